The van der Waals surface area contributed by atoms with Crippen molar-refractivity contribution in [2.45, 2.75) is 85.5 Å². The Kier molecular flexibility index (Phi) is 18.0. The lowest BCUT2D eigenvalue weighted by Crippen LogP contribution is -2.18. The molecule has 32 heavy (non-hydrogen) atoms. The van der Waals surface area contributed by atoms with Gasteiger partial charge in [-0.2, -0.15) is 0 Å². The summed E-state index contributed by atoms with van der Waals surface area (Å²) in [6.45, 7) is 20.0. The van der Waals surface area contributed by atoms with Gasteiger partial charge in [0.2, 0.25) is 0 Å². The predicted octanol–water partition coefficient (Wildman–Crippen LogP) is 9.91. The molecule has 2 aromatic rings. The van der Waals surface area contributed by atoms with Crippen molar-refractivity contribution in [1.82, 2.24) is 0 Å². The van der Waals surface area contributed by atoms with Gasteiger partial charge < -0.3 is 4.90 Å². The van der Waals surface area contributed by atoms with Gasteiger partial charge in [-0.05, 0) is 48.1 Å². The van der Waals surface area contributed by atoms with Crippen LogP contribution in [0.5, 0.6) is 0 Å². The number of unbranched alkanes of at least 4 members (excludes halogenated alkanes) is 4. The van der Waals surface area contributed by atoms with Crippen LogP contribution in [0.15, 0.2) is 73.8 Å². The number of hydrogen-bond acceptors (Lipinski definition) is 1. The summed E-state index contributed by atoms with van der Waals surface area (Å²) in [4.78, 5) is 2.33. The molecule has 0 fully saturated rings. The first-order valence-corrected chi connectivity index (χ1v) is 12.6. The number of anilines is 1. The zero-order valence-electron chi connectivity index (χ0n) is 21.9. The van der Waals surface area contributed by atoms with Gasteiger partial charge in [0.15, 0.2) is 0 Å². The summed E-state index contributed by atoms with van der Waals surface area (Å²) < 4.78 is 0. The van der Waals surface area contributed by atoms with E-state index in [1.165, 1.54) is 60.9 Å². The molecule has 0 heterocycles. The molecule has 0 aliphatic rings. The Hall–Kier alpha value is -2.28. The van der Waals surface area contributed by atoms with E-state index in [9.17, 15) is 0 Å². The van der Waals surface area contributed by atoms with Gasteiger partial charge in [-0.1, -0.05) is 115 Å². The van der Waals surface area contributed by atoms with Crippen LogP contribution in [-0.2, 0) is 0 Å². The highest BCUT2D eigenvalue weighted by molar-refractivity contribution is 5.70. The van der Waals surface area contributed by atoms with E-state index < -0.39 is 0 Å². The van der Waals surface area contributed by atoms with E-state index in [0.717, 1.165) is 13.0 Å². The standard InChI is InChI=1S/C24H31N.C4H10.C3H8/c1-5-6-7-8-12-19-25(4)24-17-15-23(16-18-24)21(3)20(2)22-13-10-9-11-14-22;1-3-4-2;1-3-2/h5,9-11,13-18,20H,1,3,6-8,12,19H2,2,4H3;3-4H2,1-2H3;3H2,1-2H3. The minimum Gasteiger partial charge on any atom is -0.375 e. The fraction of sp³-hybridized carbons (Fsp3) is 0.484. The van der Waals surface area contributed by atoms with Crippen molar-refractivity contribution >= 4 is 11.3 Å². The summed E-state index contributed by atoms with van der Waals surface area (Å²) in [5.74, 6) is 0.328. The minimum absolute atomic E-state index is 0.328. The zero-order valence-corrected chi connectivity index (χ0v) is 21.9. The van der Waals surface area contributed by atoms with Crippen molar-refractivity contribution in [3.8, 4) is 0 Å². The SMILES string of the molecule is C=CCCCCCN(C)c1ccc(C(=C)C(C)c2ccccc2)cc1.CCC.CCCC. The van der Waals surface area contributed by atoms with Crippen LogP contribution in [0.1, 0.15) is 96.6 Å². The third-order valence-corrected chi connectivity index (χ3v) is 5.40. The Bertz CT molecular complexity index is 697. The average molecular weight is 436 g/mol. The van der Waals surface area contributed by atoms with E-state index in [1.54, 1.807) is 0 Å². The second-order valence-electron chi connectivity index (χ2n) is 8.47. The van der Waals surface area contributed by atoms with Crippen LogP contribution in [0, 0.1) is 0 Å². The predicted molar refractivity (Wildman–Crippen MR) is 149 cm³/mol. The maximum Gasteiger partial charge on any atom is 0.0364 e. The molecule has 1 heteroatoms. The van der Waals surface area contributed by atoms with Crippen LogP contribution in [0.2, 0.25) is 0 Å². The molecule has 1 unspecified atom stereocenters. The van der Waals surface area contributed by atoms with Crippen molar-refractivity contribution in [2.75, 3.05) is 18.5 Å². The Morgan fingerprint density at radius 2 is 1.44 bits per heavy atom. The number of allylic oxidation sites excluding steroid dienone is 2. The highest BCUT2D eigenvalue weighted by Crippen LogP contribution is 2.31. The van der Waals surface area contributed by atoms with Crippen LogP contribution in [0.3, 0.4) is 0 Å². The van der Waals surface area contributed by atoms with Gasteiger partial charge in [-0.25, -0.2) is 0 Å². The molecule has 1 nitrogen and oxygen atoms in total. The third kappa shape index (κ3) is 12.5. The maximum absolute atomic E-state index is 4.33. The molecule has 0 saturated heterocycles. The first-order chi connectivity index (χ1) is 15.5. The highest BCUT2D eigenvalue weighted by Gasteiger charge is 2.11. The Morgan fingerprint density at radius 1 is 0.875 bits per heavy atom. The smallest absolute Gasteiger partial charge is 0.0364 e. The number of hydrogen-bond donors (Lipinski definition) is 0. The monoisotopic (exact) mass is 435 g/mol. The first kappa shape index (κ1) is 29.7. The lowest BCUT2D eigenvalue weighted by atomic mass is 9.89. The lowest BCUT2D eigenvalue weighted by Gasteiger charge is -2.21. The van der Waals surface area contributed by atoms with E-state index >= 15 is 0 Å². The molecule has 0 amide bonds. The van der Waals surface area contributed by atoms with Crippen LogP contribution in [0.4, 0.5) is 5.69 Å². The topological polar surface area (TPSA) is 3.24 Å². The normalized spacial score (nSPS) is 10.7. The molecule has 2 aromatic carbocycles. The molecule has 0 N–H and O–H groups in total. The van der Waals surface area contributed by atoms with Gasteiger partial charge >= 0.3 is 0 Å². The Balaban J connectivity index is 0.00000121. The van der Waals surface area contributed by atoms with E-state index in [1.807, 2.05) is 6.08 Å². The van der Waals surface area contributed by atoms with Crippen molar-refractivity contribution in [2.24, 2.45) is 0 Å². The van der Waals surface area contributed by atoms with Crippen molar-refractivity contribution in [1.29, 1.82) is 0 Å². The second-order valence-corrected chi connectivity index (χ2v) is 8.47. The summed E-state index contributed by atoms with van der Waals surface area (Å²) in [5.41, 5.74) is 4.98. The number of nitrogens with zero attached hydrogens (tertiary/aromatic N) is 1. The van der Waals surface area contributed by atoms with Gasteiger partial charge in [-0.15, -0.1) is 6.58 Å². The van der Waals surface area contributed by atoms with Gasteiger partial charge in [0.1, 0.15) is 0 Å². The van der Waals surface area contributed by atoms with Crippen molar-refractivity contribution in [3.05, 3.63) is 85.0 Å². The minimum atomic E-state index is 0.328. The first-order valence-electron chi connectivity index (χ1n) is 12.6. The highest BCUT2D eigenvalue weighted by atomic mass is 15.1. The fourth-order valence-corrected chi connectivity index (χ4v) is 3.07. The van der Waals surface area contributed by atoms with Gasteiger partial charge in [0.25, 0.3) is 0 Å². The lowest BCUT2D eigenvalue weighted by molar-refractivity contribution is 0.679. The van der Waals surface area contributed by atoms with Gasteiger partial charge in [0, 0.05) is 25.2 Å². The molecule has 0 aliphatic carbocycles. The summed E-state index contributed by atoms with van der Waals surface area (Å²) >= 11 is 0. The largest absolute Gasteiger partial charge is 0.375 e. The summed E-state index contributed by atoms with van der Waals surface area (Å²) in [7, 11) is 2.17. The van der Waals surface area contributed by atoms with Crippen LogP contribution in [0.25, 0.3) is 5.57 Å². The van der Waals surface area contributed by atoms with E-state index in [0.29, 0.717) is 5.92 Å². The second kappa shape index (κ2) is 19.4. The fourth-order valence-electron chi connectivity index (χ4n) is 3.07. The summed E-state index contributed by atoms with van der Waals surface area (Å²) in [6.07, 6.45) is 10.8. The Labute approximate surface area is 200 Å². The number of benzene rings is 2. The molecule has 0 aliphatic heterocycles. The van der Waals surface area contributed by atoms with Crippen molar-refractivity contribution < 1.29 is 0 Å². The van der Waals surface area contributed by atoms with E-state index in [4.69, 9.17) is 0 Å². The molecule has 1 atom stereocenters. The molecule has 2 rings (SSSR count). The maximum atomic E-state index is 4.33. The number of rotatable bonds is 11. The van der Waals surface area contributed by atoms with Crippen LogP contribution < -0.4 is 4.90 Å². The van der Waals surface area contributed by atoms with Crippen molar-refractivity contribution in [3.63, 3.8) is 0 Å². The van der Waals surface area contributed by atoms with E-state index in [-0.39, 0.29) is 0 Å². The molecule has 178 valence electrons. The zero-order chi connectivity index (χ0) is 24.2. The third-order valence-electron chi connectivity index (χ3n) is 5.40. The van der Waals surface area contributed by atoms with Crippen LogP contribution >= 0.6 is 0 Å². The summed E-state index contributed by atoms with van der Waals surface area (Å²) in [6, 6.07) is 19.4. The molecular formula is C31H49N. The molecule has 0 radical (unpaired) electrons. The molecular weight excluding hydrogens is 386 g/mol. The van der Waals surface area contributed by atoms with Gasteiger partial charge in [0.05, 0.1) is 0 Å². The molecule has 0 bridgehead atoms. The quantitative estimate of drug-likeness (QED) is 0.251. The van der Waals surface area contributed by atoms with E-state index in [2.05, 4.69) is 114 Å². The average Bonchev–Trinajstić information content (AvgIpc) is 2.84. The Morgan fingerprint density at radius 3 is 1.94 bits per heavy atom. The molecule has 0 saturated carbocycles. The molecule has 0 spiro atoms. The van der Waals surface area contributed by atoms with Crippen LogP contribution in [-0.4, -0.2) is 13.6 Å². The summed E-state index contributed by atoms with van der Waals surface area (Å²) in [5, 5.41) is 0. The van der Waals surface area contributed by atoms with Gasteiger partial charge in [-0.3, -0.25) is 0 Å². The molecule has 0 aromatic heterocycles.